The van der Waals surface area contributed by atoms with Crippen molar-refractivity contribution in [1.29, 1.82) is 0 Å². The number of rotatable bonds is 6. The van der Waals surface area contributed by atoms with Gasteiger partial charge in [0.2, 0.25) is 11.8 Å². The number of anilines is 2. The van der Waals surface area contributed by atoms with Crippen molar-refractivity contribution in [1.82, 2.24) is 25.3 Å². The molecule has 220 valence electrons. The van der Waals surface area contributed by atoms with Crippen molar-refractivity contribution >= 4 is 35.1 Å². The van der Waals surface area contributed by atoms with Gasteiger partial charge in [-0.3, -0.25) is 29.4 Å². The lowest BCUT2D eigenvalue weighted by molar-refractivity contribution is -0.136. The van der Waals surface area contributed by atoms with Crippen LogP contribution in [0.25, 0.3) is 0 Å². The second-order valence-electron chi connectivity index (χ2n) is 12.3. The normalized spacial score (nSPS) is 26.5. The first-order chi connectivity index (χ1) is 20.3. The van der Waals surface area contributed by atoms with E-state index in [1.807, 2.05) is 12.1 Å². The molecule has 7 rings (SSSR count). The van der Waals surface area contributed by atoms with Gasteiger partial charge in [0.1, 0.15) is 6.04 Å². The van der Waals surface area contributed by atoms with Crippen LogP contribution in [0.15, 0.2) is 30.3 Å². The minimum absolute atomic E-state index is 0.125. The number of benzene rings is 1. The fourth-order valence-corrected chi connectivity index (χ4v) is 7.62. The monoisotopic (exact) mass is 572 g/mol. The van der Waals surface area contributed by atoms with Crippen LogP contribution >= 0.6 is 0 Å². The van der Waals surface area contributed by atoms with Crippen LogP contribution in [0.5, 0.6) is 0 Å². The maximum absolute atomic E-state index is 13.1. The Bertz CT molecular complexity index is 1410. The molecule has 3 atom stereocenters. The number of aromatic nitrogens is 2. The van der Waals surface area contributed by atoms with Gasteiger partial charge in [-0.25, -0.2) is 0 Å². The van der Waals surface area contributed by atoms with E-state index in [0.29, 0.717) is 36.5 Å². The predicted octanol–water partition coefficient (Wildman–Crippen LogP) is 0.906. The Balaban J connectivity index is 0.954. The number of carbonyl (C=O) groups is 4. The zero-order chi connectivity index (χ0) is 29.0. The summed E-state index contributed by atoms with van der Waals surface area (Å²) in [4.78, 5) is 57.5. The highest BCUT2D eigenvalue weighted by molar-refractivity contribution is 6.05. The SMILES string of the molecule is NC(=O)c1ccc(N2CCC(CN3CC4CCC(C3)N4c3ccc4c(c3)CN(C3CCC(=O)NC3=O)C4=O)CC2)nn1. The molecular formula is C30H36N8O4. The number of primary amides is 1. The Hall–Kier alpha value is -4.06. The molecule has 3 N–H and O–H groups in total. The molecule has 4 fully saturated rings. The average Bonchev–Trinajstić information content (AvgIpc) is 3.45. The fraction of sp³-hybridized carbons (Fsp3) is 0.533. The van der Waals surface area contributed by atoms with Crippen molar-refractivity contribution in [2.24, 2.45) is 11.7 Å². The third kappa shape index (κ3) is 4.87. The lowest BCUT2D eigenvalue weighted by Crippen LogP contribution is -2.55. The summed E-state index contributed by atoms with van der Waals surface area (Å²) in [7, 11) is 0. The molecule has 2 aromatic rings. The van der Waals surface area contributed by atoms with Crippen molar-refractivity contribution in [3.05, 3.63) is 47.2 Å². The average molecular weight is 573 g/mol. The minimum atomic E-state index is -0.590. The van der Waals surface area contributed by atoms with Crippen LogP contribution in [0.3, 0.4) is 0 Å². The molecule has 0 saturated carbocycles. The predicted molar refractivity (Wildman–Crippen MR) is 154 cm³/mol. The van der Waals surface area contributed by atoms with E-state index < -0.39 is 11.9 Å². The highest BCUT2D eigenvalue weighted by Gasteiger charge is 2.43. The number of nitrogens with two attached hydrogens (primary N) is 1. The quantitative estimate of drug-likeness (QED) is 0.483. The molecule has 3 unspecified atom stereocenters. The summed E-state index contributed by atoms with van der Waals surface area (Å²) in [5, 5.41) is 10.5. The largest absolute Gasteiger partial charge is 0.364 e. The smallest absolute Gasteiger partial charge is 0.269 e. The summed E-state index contributed by atoms with van der Waals surface area (Å²) in [6, 6.07) is 9.91. The van der Waals surface area contributed by atoms with Gasteiger partial charge in [-0.15, -0.1) is 10.2 Å². The number of carbonyl (C=O) groups excluding carboxylic acids is 4. The van der Waals surface area contributed by atoms with Gasteiger partial charge in [-0.2, -0.15) is 0 Å². The molecule has 12 heteroatoms. The first kappa shape index (κ1) is 26.8. The van der Waals surface area contributed by atoms with E-state index in [1.165, 1.54) is 0 Å². The molecule has 0 aliphatic carbocycles. The van der Waals surface area contributed by atoms with Gasteiger partial charge < -0.3 is 20.4 Å². The Kier molecular flexibility index (Phi) is 6.80. The van der Waals surface area contributed by atoms with E-state index in [-0.39, 0.29) is 29.8 Å². The molecule has 1 aromatic carbocycles. The number of hydrogen-bond donors (Lipinski definition) is 2. The number of hydrogen-bond acceptors (Lipinski definition) is 9. The lowest BCUT2D eigenvalue weighted by Gasteiger charge is -2.44. The Labute approximate surface area is 244 Å². The molecule has 5 aliphatic heterocycles. The number of nitrogens with one attached hydrogen (secondary N) is 1. The molecular weight excluding hydrogens is 536 g/mol. The first-order valence-electron chi connectivity index (χ1n) is 15.0. The van der Waals surface area contributed by atoms with E-state index >= 15 is 0 Å². The number of imide groups is 1. The Morgan fingerprint density at radius 1 is 0.952 bits per heavy atom. The molecule has 2 bridgehead atoms. The Morgan fingerprint density at radius 3 is 2.38 bits per heavy atom. The molecule has 12 nitrogen and oxygen atoms in total. The van der Waals surface area contributed by atoms with Crippen LogP contribution in [0, 0.1) is 5.92 Å². The summed E-state index contributed by atoms with van der Waals surface area (Å²) in [5.41, 5.74) is 8.26. The maximum Gasteiger partial charge on any atom is 0.269 e. The number of fused-ring (bicyclic) bond motifs is 3. The molecule has 0 spiro atoms. The van der Waals surface area contributed by atoms with Gasteiger partial charge in [0.15, 0.2) is 11.5 Å². The highest BCUT2D eigenvalue weighted by Crippen LogP contribution is 2.38. The second kappa shape index (κ2) is 10.6. The first-order valence-corrected chi connectivity index (χ1v) is 15.0. The van der Waals surface area contributed by atoms with Gasteiger partial charge in [-0.05, 0) is 73.9 Å². The van der Waals surface area contributed by atoms with E-state index in [0.717, 1.165) is 75.5 Å². The lowest BCUT2D eigenvalue weighted by atomic mass is 9.95. The molecule has 42 heavy (non-hydrogen) atoms. The summed E-state index contributed by atoms with van der Waals surface area (Å²) in [6.45, 7) is 5.42. The summed E-state index contributed by atoms with van der Waals surface area (Å²) in [6.07, 6.45) is 5.15. The van der Waals surface area contributed by atoms with Crippen molar-refractivity contribution < 1.29 is 19.2 Å². The zero-order valence-electron chi connectivity index (χ0n) is 23.6. The molecule has 0 radical (unpaired) electrons. The van der Waals surface area contributed by atoms with Crippen LogP contribution in [0.1, 0.15) is 64.9 Å². The number of amides is 4. The zero-order valence-corrected chi connectivity index (χ0v) is 23.6. The number of nitrogens with zero attached hydrogens (tertiary/aromatic N) is 6. The summed E-state index contributed by atoms with van der Waals surface area (Å²) < 4.78 is 0. The van der Waals surface area contributed by atoms with Crippen LogP contribution in [-0.4, -0.2) is 94.5 Å². The van der Waals surface area contributed by atoms with Crippen LogP contribution in [0.2, 0.25) is 0 Å². The standard InChI is InChI=1S/C30H36N8O4/c31-28(40)24-5-7-26(34-33-24)36-11-9-18(10-12-36)14-35-16-21-1-2-22(17-35)38(21)20-3-4-23-19(13-20)15-37(30(23)42)25-6-8-27(39)32-29(25)41/h3-5,7,13,18,21-22,25H,1-2,6,8-12,14-17H2,(H2,31,40)(H,32,39,41). The third-order valence-corrected chi connectivity index (χ3v) is 9.72. The number of piperidine rings is 2. The number of piperazine rings is 1. The molecule has 4 amide bonds. The maximum atomic E-state index is 13.1. The van der Waals surface area contributed by atoms with Gasteiger partial charge in [0.25, 0.3) is 11.8 Å². The molecule has 5 aliphatic rings. The molecule has 1 aromatic heterocycles. The fourth-order valence-electron chi connectivity index (χ4n) is 7.62. The van der Waals surface area contributed by atoms with Gasteiger partial charge in [0.05, 0.1) is 0 Å². The van der Waals surface area contributed by atoms with Crippen LogP contribution < -0.4 is 20.9 Å². The van der Waals surface area contributed by atoms with Crippen molar-refractivity contribution in [3.8, 4) is 0 Å². The van der Waals surface area contributed by atoms with Crippen LogP contribution in [-0.2, 0) is 16.1 Å². The van der Waals surface area contributed by atoms with Gasteiger partial charge >= 0.3 is 0 Å². The third-order valence-electron chi connectivity index (χ3n) is 9.72. The summed E-state index contributed by atoms with van der Waals surface area (Å²) in [5.74, 6) is 0.0889. The Morgan fingerprint density at radius 2 is 1.71 bits per heavy atom. The van der Waals surface area contributed by atoms with Crippen molar-refractivity contribution in [2.45, 2.75) is 63.2 Å². The van der Waals surface area contributed by atoms with E-state index in [1.54, 1.807) is 11.0 Å². The number of likely N-dealkylation sites (tertiary alicyclic amines) is 1. The highest BCUT2D eigenvalue weighted by atomic mass is 16.2. The summed E-state index contributed by atoms with van der Waals surface area (Å²) >= 11 is 0. The van der Waals surface area contributed by atoms with Crippen LogP contribution in [0.4, 0.5) is 11.5 Å². The van der Waals surface area contributed by atoms with E-state index in [9.17, 15) is 19.2 Å². The van der Waals surface area contributed by atoms with Gasteiger partial charge in [0, 0.05) is 69.0 Å². The second-order valence-corrected chi connectivity index (χ2v) is 12.3. The van der Waals surface area contributed by atoms with Crippen molar-refractivity contribution in [2.75, 3.05) is 42.5 Å². The van der Waals surface area contributed by atoms with Gasteiger partial charge in [-0.1, -0.05) is 0 Å². The molecule has 4 saturated heterocycles. The minimum Gasteiger partial charge on any atom is -0.364 e. The van der Waals surface area contributed by atoms with E-state index in [4.69, 9.17) is 5.73 Å². The van der Waals surface area contributed by atoms with E-state index in [2.05, 4.69) is 42.3 Å². The topological polar surface area (TPSA) is 145 Å². The van der Waals surface area contributed by atoms with Crippen molar-refractivity contribution in [3.63, 3.8) is 0 Å². The molecule has 6 heterocycles.